The highest BCUT2D eigenvalue weighted by Crippen LogP contribution is 2.38. The van der Waals surface area contributed by atoms with Crippen molar-refractivity contribution >= 4 is 0 Å². The Kier molecular flexibility index (Phi) is 3.22. The fraction of sp³-hybridized carbons (Fsp3) is 0.467. The lowest BCUT2D eigenvalue weighted by atomic mass is 9.99. The van der Waals surface area contributed by atoms with Crippen LogP contribution in [0.2, 0.25) is 0 Å². The van der Waals surface area contributed by atoms with Crippen molar-refractivity contribution in [2.75, 3.05) is 0 Å². The first kappa shape index (κ1) is 13.1. The standard InChI is InChI=1S/C15H18N2O3/c1-15(2,18)11-5-7-12(8-6-11)19-9-13-16-14(17-20-13)10-3-4-10/h5-8,10,18H,3-4,9H2,1-2H3. The lowest BCUT2D eigenvalue weighted by Crippen LogP contribution is -2.14. The molecule has 0 bridgehead atoms. The Morgan fingerprint density at radius 2 is 2.00 bits per heavy atom. The van der Waals surface area contributed by atoms with Crippen molar-refractivity contribution in [3.63, 3.8) is 0 Å². The van der Waals surface area contributed by atoms with E-state index in [1.807, 2.05) is 24.3 Å². The SMILES string of the molecule is CC(C)(O)c1ccc(OCc2nc(C3CC3)no2)cc1. The third kappa shape index (κ3) is 2.99. The largest absolute Gasteiger partial charge is 0.484 e. The number of ether oxygens (including phenoxy) is 1. The molecule has 1 aromatic carbocycles. The molecule has 0 saturated heterocycles. The third-order valence-corrected chi connectivity index (χ3v) is 3.35. The van der Waals surface area contributed by atoms with Crippen LogP contribution in [0.25, 0.3) is 0 Å². The summed E-state index contributed by atoms with van der Waals surface area (Å²) in [4.78, 5) is 4.30. The summed E-state index contributed by atoms with van der Waals surface area (Å²) in [5.41, 5.74) is 0.00291. The summed E-state index contributed by atoms with van der Waals surface area (Å²) in [7, 11) is 0. The molecule has 1 heterocycles. The van der Waals surface area contributed by atoms with Gasteiger partial charge in [0.1, 0.15) is 5.75 Å². The summed E-state index contributed by atoms with van der Waals surface area (Å²) in [5.74, 6) is 2.49. The first-order chi connectivity index (χ1) is 9.52. The molecular formula is C15H18N2O3. The molecule has 1 fully saturated rings. The quantitative estimate of drug-likeness (QED) is 0.908. The van der Waals surface area contributed by atoms with E-state index < -0.39 is 5.60 Å². The maximum absolute atomic E-state index is 9.87. The van der Waals surface area contributed by atoms with Crippen LogP contribution in [-0.2, 0) is 12.2 Å². The molecule has 1 aliphatic rings. The van der Waals surface area contributed by atoms with E-state index in [-0.39, 0.29) is 6.61 Å². The van der Waals surface area contributed by atoms with Gasteiger partial charge in [-0.25, -0.2) is 0 Å². The summed E-state index contributed by atoms with van der Waals surface area (Å²) in [6.07, 6.45) is 2.30. The van der Waals surface area contributed by atoms with Gasteiger partial charge in [0.25, 0.3) is 5.89 Å². The molecule has 0 radical (unpaired) electrons. The smallest absolute Gasteiger partial charge is 0.264 e. The fourth-order valence-electron chi connectivity index (χ4n) is 1.94. The highest BCUT2D eigenvalue weighted by molar-refractivity contribution is 5.30. The van der Waals surface area contributed by atoms with Crippen LogP contribution in [0.5, 0.6) is 5.75 Å². The van der Waals surface area contributed by atoms with Crippen molar-refractivity contribution < 1.29 is 14.4 Å². The highest BCUT2D eigenvalue weighted by Gasteiger charge is 2.28. The van der Waals surface area contributed by atoms with Gasteiger partial charge in [-0.1, -0.05) is 17.3 Å². The van der Waals surface area contributed by atoms with Crippen LogP contribution in [0, 0.1) is 0 Å². The monoisotopic (exact) mass is 274 g/mol. The molecule has 0 atom stereocenters. The number of benzene rings is 1. The molecular weight excluding hydrogens is 256 g/mol. The van der Waals surface area contributed by atoms with Gasteiger partial charge < -0.3 is 14.4 Å². The van der Waals surface area contributed by atoms with Gasteiger partial charge in [-0.05, 0) is 44.4 Å². The Bertz CT molecular complexity index is 580. The lowest BCUT2D eigenvalue weighted by Gasteiger charge is -2.17. The van der Waals surface area contributed by atoms with Crippen molar-refractivity contribution in [2.24, 2.45) is 0 Å². The number of aromatic nitrogens is 2. The molecule has 2 aromatic rings. The Morgan fingerprint density at radius 1 is 1.30 bits per heavy atom. The zero-order chi connectivity index (χ0) is 14.2. The van der Waals surface area contributed by atoms with E-state index in [9.17, 15) is 5.11 Å². The van der Waals surface area contributed by atoms with E-state index in [0.717, 1.165) is 24.2 Å². The van der Waals surface area contributed by atoms with E-state index in [0.29, 0.717) is 17.6 Å². The van der Waals surface area contributed by atoms with Gasteiger partial charge in [-0.15, -0.1) is 0 Å². The topological polar surface area (TPSA) is 68.4 Å². The van der Waals surface area contributed by atoms with E-state index in [4.69, 9.17) is 9.26 Å². The van der Waals surface area contributed by atoms with Gasteiger partial charge in [0.15, 0.2) is 12.4 Å². The molecule has 0 unspecified atom stereocenters. The average molecular weight is 274 g/mol. The van der Waals surface area contributed by atoms with Crippen LogP contribution in [-0.4, -0.2) is 15.2 Å². The van der Waals surface area contributed by atoms with E-state index in [2.05, 4.69) is 10.1 Å². The first-order valence-electron chi connectivity index (χ1n) is 6.80. The fourth-order valence-corrected chi connectivity index (χ4v) is 1.94. The molecule has 3 rings (SSSR count). The van der Waals surface area contributed by atoms with Gasteiger partial charge in [-0.2, -0.15) is 4.98 Å². The Balaban J connectivity index is 1.59. The van der Waals surface area contributed by atoms with Crippen LogP contribution in [0.3, 0.4) is 0 Å². The second-order valence-electron chi connectivity index (χ2n) is 5.69. The Morgan fingerprint density at radius 3 is 2.60 bits per heavy atom. The van der Waals surface area contributed by atoms with E-state index in [1.165, 1.54) is 0 Å². The van der Waals surface area contributed by atoms with E-state index in [1.54, 1.807) is 13.8 Å². The average Bonchev–Trinajstić information content (AvgIpc) is 3.15. The molecule has 0 spiro atoms. The van der Waals surface area contributed by atoms with Crippen LogP contribution in [0.1, 0.15) is 49.9 Å². The van der Waals surface area contributed by atoms with Crippen molar-refractivity contribution in [1.82, 2.24) is 10.1 Å². The summed E-state index contributed by atoms with van der Waals surface area (Å²) in [5, 5.41) is 13.8. The van der Waals surface area contributed by atoms with Crippen molar-refractivity contribution in [1.29, 1.82) is 0 Å². The molecule has 0 aliphatic heterocycles. The predicted octanol–water partition coefficient (Wildman–Crippen LogP) is 2.75. The summed E-state index contributed by atoms with van der Waals surface area (Å²) >= 11 is 0. The van der Waals surface area contributed by atoms with Crippen molar-refractivity contribution in [3.8, 4) is 5.75 Å². The van der Waals surface area contributed by atoms with Crippen LogP contribution in [0.15, 0.2) is 28.8 Å². The van der Waals surface area contributed by atoms with Gasteiger partial charge in [0.05, 0.1) is 5.60 Å². The van der Waals surface area contributed by atoms with Crippen LogP contribution < -0.4 is 4.74 Å². The van der Waals surface area contributed by atoms with Gasteiger partial charge in [0.2, 0.25) is 0 Å². The van der Waals surface area contributed by atoms with Crippen LogP contribution >= 0.6 is 0 Å². The zero-order valence-corrected chi connectivity index (χ0v) is 11.7. The third-order valence-electron chi connectivity index (χ3n) is 3.35. The highest BCUT2D eigenvalue weighted by atomic mass is 16.5. The zero-order valence-electron chi connectivity index (χ0n) is 11.7. The maximum atomic E-state index is 9.87. The van der Waals surface area contributed by atoms with Crippen LogP contribution in [0.4, 0.5) is 0 Å². The second-order valence-corrected chi connectivity index (χ2v) is 5.69. The molecule has 5 heteroatoms. The minimum Gasteiger partial charge on any atom is -0.484 e. The summed E-state index contributed by atoms with van der Waals surface area (Å²) < 4.78 is 10.7. The van der Waals surface area contributed by atoms with Crippen molar-refractivity contribution in [3.05, 3.63) is 41.5 Å². The lowest BCUT2D eigenvalue weighted by molar-refractivity contribution is 0.0785. The van der Waals surface area contributed by atoms with Gasteiger partial charge in [0, 0.05) is 5.92 Å². The molecule has 1 saturated carbocycles. The first-order valence-corrected chi connectivity index (χ1v) is 6.80. The molecule has 5 nitrogen and oxygen atoms in total. The number of aliphatic hydroxyl groups is 1. The Hall–Kier alpha value is -1.88. The molecule has 20 heavy (non-hydrogen) atoms. The summed E-state index contributed by atoms with van der Waals surface area (Å²) in [6.45, 7) is 3.77. The molecule has 1 aliphatic carbocycles. The molecule has 1 N–H and O–H groups in total. The van der Waals surface area contributed by atoms with Gasteiger partial charge in [-0.3, -0.25) is 0 Å². The summed E-state index contributed by atoms with van der Waals surface area (Å²) in [6, 6.07) is 7.34. The number of nitrogens with zero attached hydrogens (tertiary/aromatic N) is 2. The van der Waals surface area contributed by atoms with Gasteiger partial charge >= 0.3 is 0 Å². The minimum absolute atomic E-state index is 0.265. The van der Waals surface area contributed by atoms with E-state index >= 15 is 0 Å². The number of rotatable bonds is 5. The van der Waals surface area contributed by atoms with Crippen molar-refractivity contribution in [2.45, 2.75) is 44.8 Å². The normalized spacial score (nSPS) is 15.3. The Labute approximate surface area is 117 Å². The molecule has 106 valence electrons. The molecule has 0 amide bonds. The number of hydrogen-bond donors (Lipinski definition) is 1. The molecule has 1 aromatic heterocycles. The second kappa shape index (κ2) is 4.90. The minimum atomic E-state index is -0.843. The number of hydrogen-bond acceptors (Lipinski definition) is 5. The maximum Gasteiger partial charge on any atom is 0.264 e. The predicted molar refractivity (Wildman–Crippen MR) is 72.3 cm³/mol.